The Balaban J connectivity index is 1.71. The first kappa shape index (κ1) is 24.8. The van der Waals surface area contributed by atoms with Crippen molar-refractivity contribution in [1.82, 2.24) is 0 Å². The van der Waals surface area contributed by atoms with Gasteiger partial charge in [-0.05, 0) is 47.2 Å². The van der Waals surface area contributed by atoms with Crippen molar-refractivity contribution in [2.24, 2.45) is 0 Å². The number of carbonyl (C=O) groups excluding carboxylic acids is 2. The molecule has 0 saturated carbocycles. The number of hydrogen-bond acceptors (Lipinski definition) is 8. The Bertz CT molecular complexity index is 1580. The number of methoxy groups -OCH3 is 1. The Kier molecular flexibility index (Phi) is 6.60. The summed E-state index contributed by atoms with van der Waals surface area (Å²) in [6.45, 7) is 4.63. The van der Waals surface area contributed by atoms with Crippen LogP contribution in [-0.2, 0) is 30.2 Å². The average Bonchev–Trinajstić information content (AvgIpc) is 3.28. The normalized spacial score (nSPS) is 19.4. The summed E-state index contributed by atoms with van der Waals surface area (Å²) in [5, 5.41) is 3.58. The lowest BCUT2D eigenvalue weighted by atomic mass is 9.94. The fraction of sp³-hybridized carbons (Fsp3) is 0.345. The highest BCUT2D eigenvalue weighted by Crippen LogP contribution is 2.43. The predicted octanol–water partition coefficient (Wildman–Crippen LogP) is 5.00. The van der Waals surface area contributed by atoms with E-state index in [9.17, 15) is 14.4 Å². The molecule has 192 valence electrons. The van der Waals surface area contributed by atoms with E-state index in [1.165, 1.54) is 13.8 Å². The monoisotopic (exact) mass is 504 g/mol. The number of aryl methyl sites for hydroxylation is 1. The molecule has 5 rings (SSSR count). The van der Waals surface area contributed by atoms with Crippen LogP contribution in [0.4, 0.5) is 0 Å². The molecule has 1 fully saturated rings. The van der Waals surface area contributed by atoms with Crippen molar-refractivity contribution in [3.05, 3.63) is 64.0 Å². The van der Waals surface area contributed by atoms with Crippen LogP contribution in [0, 0.1) is 0 Å². The molecule has 4 aromatic rings. The molecule has 0 bridgehead atoms. The van der Waals surface area contributed by atoms with E-state index in [0.717, 1.165) is 33.7 Å². The Morgan fingerprint density at radius 2 is 1.73 bits per heavy atom. The van der Waals surface area contributed by atoms with Crippen molar-refractivity contribution in [3.63, 3.8) is 0 Å². The van der Waals surface area contributed by atoms with Gasteiger partial charge >= 0.3 is 17.6 Å². The molecule has 2 heterocycles. The van der Waals surface area contributed by atoms with Crippen LogP contribution in [0.1, 0.15) is 44.4 Å². The van der Waals surface area contributed by atoms with E-state index in [1.807, 2.05) is 49.4 Å². The minimum Gasteiger partial charge on any atom is -0.496 e. The second-order valence-electron chi connectivity index (χ2n) is 9.19. The molecular formula is C29H28O8. The molecule has 1 aromatic heterocycles. The molecule has 0 amide bonds. The van der Waals surface area contributed by atoms with Crippen LogP contribution in [0.25, 0.3) is 32.5 Å². The lowest BCUT2D eigenvalue weighted by Gasteiger charge is -2.18. The zero-order chi connectivity index (χ0) is 26.3. The van der Waals surface area contributed by atoms with Gasteiger partial charge in [0.05, 0.1) is 18.6 Å². The second-order valence-corrected chi connectivity index (χ2v) is 9.19. The number of hydrogen-bond donors (Lipinski definition) is 0. The summed E-state index contributed by atoms with van der Waals surface area (Å²) < 4.78 is 28.5. The first-order valence-electron chi connectivity index (χ1n) is 12.3. The summed E-state index contributed by atoms with van der Waals surface area (Å²) in [5.41, 5.74) is 1.83. The molecular weight excluding hydrogens is 476 g/mol. The molecule has 3 atom stereocenters. The maximum atomic E-state index is 13.1. The third-order valence-electron chi connectivity index (χ3n) is 6.86. The number of fused-ring (bicyclic) bond motifs is 5. The maximum absolute atomic E-state index is 13.1. The van der Waals surface area contributed by atoms with Crippen LogP contribution in [0.15, 0.2) is 51.7 Å². The van der Waals surface area contributed by atoms with Crippen LogP contribution in [0.2, 0.25) is 0 Å². The quantitative estimate of drug-likeness (QED) is 0.206. The Hall–Kier alpha value is -3.91. The molecule has 0 N–H and O–H groups in total. The van der Waals surface area contributed by atoms with Crippen molar-refractivity contribution in [2.45, 2.75) is 51.9 Å². The van der Waals surface area contributed by atoms with Gasteiger partial charge in [0.2, 0.25) is 0 Å². The number of ether oxygens (including phenoxy) is 4. The van der Waals surface area contributed by atoms with Crippen LogP contribution < -0.4 is 10.4 Å². The highest BCUT2D eigenvalue weighted by atomic mass is 16.6. The molecule has 1 aliphatic rings. The van der Waals surface area contributed by atoms with E-state index < -0.39 is 35.9 Å². The van der Waals surface area contributed by atoms with Crippen molar-refractivity contribution in [2.75, 3.05) is 13.7 Å². The zero-order valence-electron chi connectivity index (χ0n) is 21.2. The van der Waals surface area contributed by atoms with Gasteiger partial charge < -0.3 is 23.4 Å². The third kappa shape index (κ3) is 4.53. The van der Waals surface area contributed by atoms with E-state index in [1.54, 1.807) is 7.11 Å². The van der Waals surface area contributed by atoms with Crippen molar-refractivity contribution in [3.8, 4) is 5.75 Å². The van der Waals surface area contributed by atoms with Gasteiger partial charge in [-0.25, -0.2) is 4.79 Å². The fourth-order valence-electron chi connectivity index (χ4n) is 5.14. The summed E-state index contributed by atoms with van der Waals surface area (Å²) in [5.74, 6) is -0.277. The van der Waals surface area contributed by atoms with Gasteiger partial charge in [0.1, 0.15) is 30.1 Å². The second kappa shape index (κ2) is 9.86. The molecule has 1 saturated heterocycles. The largest absolute Gasteiger partial charge is 0.496 e. The molecule has 0 spiro atoms. The van der Waals surface area contributed by atoms with Gasteiger partial charge in [-0.15, -0.1) is 0 Å². The highest BCUT2D eigenvalue weighted by molar-refractivity contribution is 6.16. The topological polar surface area (TPSA) is 101 Å². The lowest BCUT2D eigenvalue weighted by Crippen LogP contribution is -2.31. The van der Waals surface area contributed by atoms with E-state index in [4.69, 9.17) is 23.4 Å². The van der Waals surface area contributed by atoms with Gasteiger partial charge in [0, 0.05) is 36.4 Å². The number of rotatable bonds is 6. The molecule has 0 aliphatic carbocycles. The molecule has 37 heavy (non-hydrogen) atoms. The van der Waals surface area contributed by atoms with E-state index in [-0.39, 0.29) is 6.61 Å². The SMILES string of the molecule is CCc1ccc2c(c1)c(=O)oc1c2ccc2c(OC)ccc([C@H]3C[C@H](OC(C)=O)[C@@H](COC(C)=O)O3)c21. The predicted molar refractivity (Wildman–Crippen MR) is 138 cm³/mol. The average molecular weight is 505 g/mol. The maximum Gasteiger partial charge on any atom is 0.344 e. The highest BCUT2D eigenvalue weighted by Gasteiger charge is 2.40. The van der Waals surface area contributed by atoms with Gasteiger partial charge in [-0.3, -0.25) is 9.59 Å². The standard InChI is InChI=1S/C29H28O8/c1-5-17-6-7-18-19-8-9-20-23(33-4)11-10-21(27(20)28(19)37-29(32)22(18)12-17)24-13-25(35-16(3)31)26(36-24)14-34-15(2)30/h6-12,24-26H,5,13-14H2,1-4H3/t24-,25+,26-/m1/s1. The zero-order valence-corrected chi connectivity index (χ0v) is 21.2. The Morgan fingerprint density at radius 3 is 2.43 bits per heavy atom. The molecule has 0 unspecified atom stereocenters. The first-order valence-corrected chi connectivity index (χ1v) is 12.3. The summed E-state index contributed by atoms with van der Waals surface area (Å²) in [6, 6.07) is 13.4. The summed E-state index contributed by atoms with van der Waals surface area (Å²) in [7, 11) is 1.58. The summed E-state index contributed by atoms with van der Waals surface area (Å²) >= 11 is 0. The number of esters is 2. The van der Waals surface area contributed by atoms with Crippen LogP contribution >= 0.6 is 0 Å². The summed E-state index contributed by atoms with van der Waals surface area (Å²) in [4.78, 5) is 36.3. The molecule has 8 heteroatoms. The lowest BCUT2D eigenvalue weighted by molar-refractivity contribution is -0.154. The fourth-order valence-corrected chi connectivity index (χ4v) is 5.14. The Morgan fingerprint density at radius 1 is 0.973 bits per heavy atom. The van der Waals surface area contributed by atoms with E-state index in [0.29, 0.717) is 28.5 Å². The third-order valence-corrected chi connectivity index (χ3v) is 6.86. The molecule has 3 aromatic carbocycles. The molecule has 0 radical (unpaired) electrons. The van der Waals surface area contributed by atoms with Gasteiger partial charge in [0.25, 0.3) is 0 Å². The van der Waals surface area contributed by atoms with Crippen molar-refractivity contribution < 1.29 is 33.0 Å². The van der Waals surface area contributed by atoms with E-state index in [2.05, 4.69) is 0 Å². The van der Waals surface area contributed by atoms with Crippen molar-refractivity contribution >= 4 is 44.5 Å². The summed E-state index contributed by atoms with van der Waals surface area (Å²) in [6.07, 6.45) is -0.586. The molecule has 1 aliphatic heterocycles. The van der Waals surface area contributed by atoms with Gasteiger partial charge in [-0.2, -0.15) is 0 Å². The van der Waals surface area contributed by atoms with Gasteiger partial charge in [0.15, 0.2) is 0 Å². The Labute approximate surface area is 213 Å². The first-order chi connectivity index (χ1) is 17.8. The minimum atomic E-state index is -0.634. The van der Waals surface area contributed by atoms with Gasteiger partial charge in [-0.1, -0.05) is 25.1 Å². The van der Waals surface area contributed by atoms with Crippen LogP contribution in [-0.4, -0.2) is 37.9 Å². The minimum absolute atomic E-state index is 0.0436. The molecule has 8 nitrogen and oxygen atoms in total. The van der Waals surface area contributed by atoms with Crippen LogP contribution in [0.5, 0.6) is 5.75 Å². The van der Waals surface area contributed by atoms with E-state index >= 15 is 0 Å². The smallest absolute Gasteiger partial charge is 0.344 e. The number of carbonyl (C=O) groups is 2. The van der Waals surface area contributed by atoms with Crippen molar-refractivity contribution in [1.29, 1.82) is 0 Å². The van der Waals surface area contributed by atoms with Crippen LogP contribution in [0.3, 0.4) is 0 Å². The number of benzene rings is 3.